The van der Waals surface area contributed by atoms with Crippen molar-refractivity contribution in [1.29, 1.82) is 0 Å². The third kappa shape index (κ3) is 3.75. The van der Waals surface area contributed by atoms with Gasteiger partial charge in [-0.15, -0.1) is 0 Å². The van der Waals surface area contributed by atoms with E-state index >= 15 is 0 Å². The lowest BCUT2D eigenvalue weighted by Crippen LogP contribution is -2.38. The SMILES string of the molecule is CCC(=O)C(C)NS(=O)(=O)c1cc([N+](=O)[O-])ccc1Cl. The molecule has 0 saturated heterocycles. The van der Waals surface area contributed by atoms with Crippen LogP contribution in [-0.4, -0.2) is 25.2 Å². The van der Waals surface area contributed by atoms with E-state index < -0.39 is 31.6 Å². The molecule has 0 bridgehead atoms. The first-order valence-electron chi connectivity index (χ1n) is 5.68. The number of Topliss-reactive ketones (excluding diaryl/α,β-unsaturated/α-hetero) is 1. The Kier molecular flexibility index (Phi) is 5.21. The Morgan fingerprint density at radius 2 is 2.10 bits per heavy atom. The van der Waals surface area contributed by atoms with Crippen LogP contribution < -0.4 is 4.72 Å². The van der Waals surface area contributed by atoms with Gasteiger partial charge < -0.3 is 0 Å². The number of ketones is 1. The van der Waals surface area contributed by atoms with Crippen LogP contribution in [-0.2, 0) is 14.8 Å². The van der Waals surface area contributed by atoms with Crippen molar-refractivity contribution >= 4 is 33.1 Å². The molecule has 1 aromatic carbocycles. The smallest absolute Gasteiger partial charge is 0.270 e. The minimum atomic E-state index is -4.11. The maximum atomic E-state index is 12.1. The number of non-ortho nitro benzene ring substituents is 1. The van der Waals surface area contributed by atoms with Crippen LogP contribution in [0.1, 0.15) is 20.3 Å². The van der Waals surface area contributed by atoms with Crippen LogP contribution in [0.25, 0.3) is 0 Å². The van der Waals surface area contributed by atoms with Crippen LogP contribution in [0.3, 0.4) is 0 Å². The second-order valence-electron chi connectivity index (χ2n) is 4.03. The molecule has 0 aliphatic rings. The molecule has 0 amide bonds. The van der Waals surface area contributed by atoms with Gasteiger partial charge in [-0.25, -0.2) is 13.1 Å². The Morgan fingerprint density at radius 3 is 2.60 bits per heavy atom. The number of nitrogens with zero attached hydrogens (tertiary/aromatic N) is 1. The number of rotatable bonds is 6. The van der Waals surface area contributed by atoms with Gasteiger partial charge in [0.05, 0.1) is 16.0 Å². The summed E-state index contributed by atoms with van der Waals surface area (Å²) in [7, 11) is -4.11. The van der Waals surface area contributed by atoms with Gasteiger partial charge in [0.25, 0.3) is 5.69 Å². The lowest BCUT2D eigenvalue weighted by atomic mass is 10.2. The van der Waals surface area contributed by atoms with Crippen LogP contribution >= 0.6 is 11.6 Å². The molecule has 0 fully saturated rings. The van der Waals surface area contributed by atoms with Gasteiger partial charge >= 0.3 is 0 Å². The van der Waals surface area contributed by atoms with Crippen LogP contribution in [0, 0.1) is 10.1 Å². The van der Waals surface area contributed by atoms with Crippen LogP contribution in [0.5, 0.6) is 0 Å². The summed E-state index contributed by atoms with van der Waals surface area (Å²) in [4.78, 5) is 20.9. The maximum Gasteiger partial charge on any atom is 0.270 e. The number of halogens is 1. The van der Waals surface area contributed by atoms with E-state index in [1.54, 1.807) is 6.92 Å². The second kappa shape index (κ2) is 6.29. The molecule has 9 heteroatoms. The molecule has 0 aliphatic heterocycles. The summed E-state index contributed by atoms with van der Waals surface area (Å²) >= 11 is 5.76. The first-order chi connectivity index (χ1) is 9.19. The Bertz CT molecular complexity index is 644. The van der Waals surface area contributed by atoms with E-state index in [4.69, 9.17) is 11.6 Å². The predicted octanol–water partition coefficient (Wildman–Crippen LogP) is 1.89. The monoisotopic (exact) mass is 320 g/mol. The van der Waals surface area contributed by atoms with Gasteiger partial charge in [-0.3, -0.25) is 14.9 Å². The van der Waals surface area contributed by atoms with E-state index in [0.29, 0.717) is 0 Å². The number of nitro benzene ring substituents is 1. The van der Waals surface area contributed by atoms with Crippen molar-refractivity contribution in [3.05, 3.63) is 33.3 Å². The summed E-state index contributed by atoms with van der Waals surface area (Å²) < 4.78 is 26.3. The fraction of sp³-hybridized carbons (Fsp3) is 0.364. The molecular formula is C11H13ClN2O5S. The van der Waals surface area contributed by atoms with Gasteiger partial charge in [-0.2, -0.15) is 0 Å². The number of hydrogen-bond donors (Lipinski definition) is 1. The van der Waals surface area contributed by atoms with Crippen molar-refractivity contribution < 1.29 is 18.1 Å². The van der Waals surface area contributed by atoms with Gasteiger partial charge in [0.2, 0.25) is 10.0 Å². The van der Waals surface area contributed by atoms with E-state index in [1.807, 2.05) is 0 Å². The molecule has 0 aliphatic carbocycles. The molecule has 20 heavy (non-hydrogen) atoms. The Balaban J connectivity index is 3.18. The van der Waals surface area contributed by atoms with Crippen LogP contribution in [0.2, 0.25) is 5.02 Å². The van der Waals surface area contributed by atoms with E-state index in [1.165, 1.54) is 6.92 Å². The third-order valence-corrected chi connectivity index (χ3v) is 4.60. The average molecular weight is 321 g/mol. The molecule has 1 atom stereocenters. The van der Waals surface area contributed by atoms with E-state index in [0.717, 1.165) is 18.2 Å². The number of nitrogens with one attached hydrogen (secondary N) is 1. The Morgan fingerprint density at radius 1 is 1.50 bits per heavy atom. The number of carbonyl (C=O) groups is 1. The molecule has 0 spiro atoms. The first-order valence-corrected chi connectivity index (χ1v) is 7.54. The number of carbonyl (C=O) groups excluding carboxylic acids is 1. The quantitative estimate of drug-likeness (QED) is 0.636. The van der Waals surface area contributed by atoms with Crippen LogP contribution in [0.15, 0.2) is 23.1 Å². The fourth-order valence-electron chi connectivity index (χ4n) is 1.48. The Labute approximate surface area is 121 Å². The number of sulfonamides is 1. The highest BCUT2D eigenvalue weighted by Crippen LogP contribution is 2.26. The van der Waals surface area contributed by atoms with E-state index in [2.05, 4.69) is 4.72 Å². The third-order valence-electron chi connectivity index (χ3n) is 2.58. The molecule has 1 aromatic rings. The second-order valence-corrected chi connectivity index (χ2v) is 6.12. The molecular weight excluding hydrogens is 308 g/mol. The predicted molar refractivity (Wildman–Crippen MR) is 73.2 cm³/mol. The summed E-state index contributed by atoms with van der Waals surface area (Å²) in [5, 5.41) is 10.5. The fourth-order valence-corrected chi connectivity index (χ4v) is 3.23. The number of benzene rings is 1. The minimum Gasteiger partial charge on any atom is -0.298 e. The van der Waals surface area contributed by atoms with Gasteiger partial charge in [-0.05, 0) is 13.0 Å². The minimum absolute atomic E-state index is 0.153. The maximum absolute atomic E-state index is 12.1. The summed E-state index contributed by atoms with van der Waals surface area (Å²) in [5.74, 6) is -0.296. The summed E-state index contributed by atoms with van der Waals surface area (Å²) in [5.41, 5.74) is -0.399. The topological polar surface area (TPSA) is 106 Å². The largest absolute Gasteiger partial charge is 0.298 e. The molecule has 0 heterocycles. The lowest BCUT2D eigenvalue weighted by Gasteiger charge is -2.13. The zero-order chi connectivity index (χ0) is 15.5. The summed E-state index contributed by atoms with van der Waals surface area (Å²) in [6.07, 6.45) is 0.173. The molecule has 0 saturated carbocycles. The van der Waals surface area contributed by atoms with Gasteiger partial charge in [-0.1, -0.05) is 18.5 Å². The van der Waals surface area contributed by atoms with Crippen LogP contribution in [0.4, 0.5) is 5.69 Å². The highest BCUT2D eigenvalue weighted by Gasteiger charge is 2.25. The zero-order valence-electron chi connectivity index (χ0n) is 10.8. The van der Waals surface area contributed by atoms with Crippen molar-refractivity contribution in [2.24, 2.45) is 0 Å². The molecule has 1 unspecified atom stereocenters. The first kappa shape index (κ1) is 16.5. The molecule has 1 rings (SSSR count). The Hall–Kier alpha value is -1.51. The lowest BCUT2D eigenvalue weighted by molar-refractivity contribution is -0.385. The van der Waals surface area contributed by atoms with Crippen molar-refractivity contribution in [3.8, 4) is 0 Å². The zero-order valence-corrected chi connectivity index (χ0v) is 12.4. The molecule has 0 radical (unpaired) electrons. The van der Waals surface area contributed by atoms with Crippen molar-refractivity contribution in [2.75, 3.05) is 0 Å². The highest BCUT2D eigenvalue weighted by atomic mass is 35.5. The van der Waals surface area contributed by atoms with E-state index in [9.17, 15) is 23.3 Å². The highest BCUT2D eigenvalue weighted by molar-refractivity contribution is 7.89. The summed E-state index contributed by atoms with van der Waals surface area (Å²) in [6, 6.07) is 2.15. The normalized spacial score (nSPS) is 12.9. The van der Waals surface area contributed by atoms with Gasteiger partial charge in [0.1, 0.15) is 10.7 Å². The number of hydrogen-bond acceptors (Lipinski definition) is 5. The number of nitro groups is 1. The molecule has 0 aromatic heterocycles. The molecule has 110 valence electrons. The van der Waals surface area contributed by atoms with Crippen molar-refractivity contribution in [3.63, 3.8) is 0 Å². The van der Waals surface area contributed by atoms with Gasteiger partial charge in [0, 0.05) is 18.6 Å². The molecule has 7 nitrogen and oxygen atoms in total. The standard InChI is InChI=1S/C11H13ClN2O5S/c1-3-10(15)7(2)13-20(18,19)11-6-8(14(16)17)4-5-9(11)12/h4-7,13H,3H2,1-2H3. The molecule has 1 N–H and O–H groups in total. The van der Waals surface area contributed by atoms with Gasteiger partial charge in [0.15, 0.2) is 0 Å². The van der Waals surface area contributed by atoms with Crippen molar-refractivity contribution in [1.82, 2.24) is 4.72 Å². The summed E-state index contributed by atoms with van der Waals surface area (Å²) in [6.45, 7) is 3.00. The van der Waals surface area contributed by atoms with Crippen molar-refractivity contribution in [2.45, 2.75) is 31.2 Å². The average Bonchev–Trinajstić information content (AvgIpc) is 2.37. The van der Waals surface area contributed by atoms with E-state index in [-0.39, 0.29) is 17.2 Å².